The van der Waals surface area contributed by atoms with E-state index in [2.05, 4.69) is 10.3 Å². The molecule has 0 aliphatic carbocycles. The molecule has 18 heavy (non-hydrogen) atoms. The van der Waals surface area contributed by atoms with Crippen LogP contribution in [0.3, 0.4) is 0 Å². The summed E-state index contributed by atoms with van der Waals surface area (Å²) in [6, 6.07) is 5.59. The molecule has 0 saturated heterocycles. The Hall–Kier alpha value is -2.17. The molecule has 0 bridgehead atoms. The molecule has 0 unspecified atom stereocenters. The molecule has 0 radical (unpaired) electrons. The first-order valence-corrected chi connectivity index (χ1v) is 5.46. The fourth-order valence-electron chi connectivity index (χ4n) is 1.51. The number of nitrogens with one attached hydrogen (secondary N) is 1. The van der Waals surface area contributed by atoms with Gasteiger partial charge in [0.05, 0.1) is 11.9 Å². The number of aryl methyl sites for hydroxylation is 1. The van der Waals surface area contributed by atoms with Crippen LogP contribution in [0.5, 0.6) is 0 Å². The van der Waals surface area contributed by atoms with Gasteiger partial charge >= 0.3 is 0 Å². The molecular formula is C13H13F2N3. The minimum atomic E-state index is -0.851. The summed E-state index contributed by atoms with van der Waals surface area (Å²) >= 11 is 0. The highest BCUT2D eigenvalue weighted by molar-refractivity contribution is 5.51. The molecule has 2 aromatic rings. The summed E-state index contributed by atoms with van der Waals surface area (Å²) in [5.74, 6) is -1.05. The number of aromatic nitrogens is 1. The second-order valence-corrected chi connectivity index (χ2v) is 4.03. The molecule has 2 rings (SSSR count). The molecule has 0 saturated carbocycles. The van der Waals surface area contributed by atoms with Crippen molar-refractivity contribution in [3.8, 4) is 0 Å². The molecule has 3 nitrogen and oxygen atoms in total. The third-order valence-corrected chi connectivity index (χ3v) is 2.61. The number of hydrogen-bond donors (Lipinski definition) is 2. The zero-order chi connectivity index (χ0) is 13.1. The largest absolute Gasteiger partial charge is 0.397 e. The number of anilines is 2. The first kappa shape index (κ1) is 12.3. The molecule has 0 spiro atoms. The Bertz CT molecular complexity index is 519. The highest BCUT2D eigenvalue weighted by Gasteiger charge is 2.03. The van der Waals surface area contributed by atoms with Gasteiger partial charge in [0.2, 0.25) is 0 Å². The van der Waals surface area contributed by atoms with Crippen molar-refractivity contribution in [2.45, 2.75) is 13.5 Å². The van der Waals surface area contributed by atoms with Gasteiger partial charge in [-0.1, -0.05) is 6.07 Å². The van der Waals surface area contributed by atoms with Gasteiger partial charge in [-0.25, -0.2) is 13.8 Å². The lowest BCUT2D eigenvalue weighted by atomic mass is 10.2. The average molecular weight is 249 g/mol. The number of nitrogens with zero attached hydrogens (tertiary/aromatic N) is 1. The molecule has 0 atom stereocenters. The normalized spacial score (nSPS) is 10.4. The van der Waals surface area contributed by atoms with Crippen LogP contribution in [0.15, 0.2) is 30.5 Å². The Morgan fingerprint density at radius 1 is 1.22 bits per heavy atom. The first-order valence-electron chi connectivity index (χ1n) is 5.46. The van der Waals surface area contributed by atoms with Gasteiger partial charge in [-0.05, 0) is 36.2 Å². The van der Waals surface area contributed by atoms with Crippen molar-refractivity contribution in [1.82, 2.24) is 4.98 Å². The van der Waals surface area contributed by atoms with Gasteiger partial charge in [0, 0.05) is 6.54 Å². The van der Waals surface area contributed by atoms with E-state index in [1.807, 2.05) is 6.92 Å². The zero-order valence-electron chi connectivity index (χ0n) is 9.87. The third-order valence-electron chi connectivity index (χ3n) is 2.61. The predicted octanol–water partition coefficient (Wildman–Crippen LogP) is 2.86. The van der Waals surface area contributed by atoms with Crippen LogP contribution >= 0.6 is 0 Å². The number of nitrogen functional groups attached to an aromatic ring is 1. The average Bonchev–Trinajstić information content (AvgIpc) is 2.35. The Morgan fingerprint density at radius 2 is 2.00 bits per heavy atom. The summed E-state index contributed by atoms with van der Waals surface area (Å²) in [7, 11) is 0. The van der Waals surface area contributed by atoms with Crippen LogP contribution in [-0.2, 0) is 6.54 Å². The lowest BCUT2D eigenvalue weighted by molar-refractivity contribution is 0.507. The van der Waals surface area contributed by atoms with Gasteiger partial charge in [-0.2, -0.15) is 0 Å². The van der Waals surface area contributed by atoms with Crippen molar-refractivity contribution < 1.29 is 8.78 Å². The van der Waals surface area contributed by atoms with Crippen molar-refractivity contribution in [3.05, 3.63) is 53.2 Å². The van der Waals surface area contributed by atoms with Crippen LogP contribution in [0, 0.1) is 18.6 Å². The summed E-state index contributed by atoms with van der Waals surface area (Å²) in [5.41, 5.74) is 7.83. The van der Waals surface area contributed by atoms with E-state index in [-0.39, 0.29) is 0 Å². The number of rotatable bonds is 3. The third kappa shape index (κ3) is 2.74. The fraction of sp³-hybridized carbons (Fsp3) is 0.154. The van der Waals surface area contributed by atoms with E-state index >= 15 is 0 Å². The molecular weight excluding hydrogens is 236 g/mol. The van der Waals surface area contributed by atoms with Crippen LogP contribution in [0.25, 0.3) is 0 Å². The fourth-order valence-corrected chi connectivity index (χ4v) is 1.51. The Labute approximate surface area is 104 Å². The number of nitrogens with two attached hydrogens (primary N) is 1. The lowest BCUT2D eigenvalue weighted by Crippen LogP contribution is -2.03. The Kier molecular flexibility index (Phi) is 3.41. The summed E-state index contributed by atoms with van der Waals surface area (Å²) in [4.78, 5) is 4.09. The maximum absolute atomic E-state index is 13.0. The first-order chi connectivity index (χ1) is 8.56. The van der Waals surface area contributed by atoms with Crippen LogP contribution < -0.4 is 11.1 Å². The highest BCUT2D eigenvalue weighted by Crippen LogP contribution is 2.15. The quantitative estimate of drug-likeness (QED) is 0.879. The molecule has 0 fully saturated rings. The maximum Gasteiger partial charge on any atom is 0.159 e. The lowest BCUT2D eigenvalue weighted by Gasteiger charge is -2.08. The van der Waals surface area contributed by atoms with Crippen molar-refractivity contribution in [2.24, 2.45) is 0 Å². The Morgan fingerprint density at radius 3 is 2.67 bits per heavy atom. The molecule has 1 aromatic heterocycles. The van der Waals surface area contributed by atoms with Gasteiger partial charge < -0.3 is 11.1 Å². The topological polar surface area (TPSA) is 50.9 Å². The van der Waals surface area contributed by atoms with Gasteiger partial charge in [0.15, 0.2) is 11.6 Å². The van der Waals surface area contributed by atoms with E-state index in [0.29, 0.717) is 23.6 Å². The minimum Gasteiger partial charge on any atom is -0.397 e. The molecule has 1 heterocycles. The highest BCUT2D eigenvalue weighted by atomic mass is 19.2. The van der Waals surface area contributed by atoms with Gasteiger partial charge in [-0.3, -0.25) is 0 Å². The van der Waals surface area contributed by atoms with Gasteiger partial charge in [0.1, 0.15) is 5.82 Å². The van der Waals surface area contributed by atoms with Crippen LogP contribution in [0.1, 0.15) is 11.1 Å². The summed E-state index contributed by atoms with van der Waals surface area (Å²) in [5, 5.41) is 3.02. The van der Waals surface area contributed by atoms with E-state index in [4.69, 9.17) is 5.73 Å². The van der Waals surface area contributed by atoms with E-state index < -0.39 is 11.6 Å². The van der Waals surface area contributed by atoms with Crippen molar-refractivity contribution in [3.63, 3.8) is 0 Å². The number of hydrogen-bond acceptors (Lipinski definition) is 3. The number of benzene rings is 1. The zero-order valence-corrected chi connectivity index (χ0v) is 9.87. The second kappa shape index (κ2) is 5.00. The maximum atomic E-state index is 13.0. The SMILES string of the molecule is Cc1cc(NCc2ccc(F)c(F)c2)ncc1N. The van der Waals surface area contributed by atoms with Crippen molar-refractivity contribution in [2.75, 3.05) is 11.1 Å². The smallest absolute Gasteiger partial charge is 0.159 e. The molecule has 1 aromatic carbocycles. The predicted molar refractivity (Wildman–Crippen MR) is 67.1 cm³/mol. The van der Waals surface area contributed by atoms with Crippen molar-refractivity contribution >= 4 is 11.5 Å². The van der Waals surface area contributed by atoms with E-state index in [1.54, 1.807) is 12.3 Å². The molecule has 3 N–H and O–H groups in total. The van der Waals surface area contributed by atoms with E-state index in [1.165, 1.54) is 6.07 Å². The molecule has 0 amide bonds. The Balaban J connectivity index is 2.06. The summed E-state index contributed by atoms with van der Waals surface area (Å²) in [6.07, 6.45) is 1.56. The summed E-state index contributed by atoms with van der Waals surface area (Å²) in [6.45, 7) is 2.24. The molecule has 0 aliphatic rings. The summed E-state index contributed by atoms with van der Waals surface area (Å²) < 4.78 is 25.7. The van der Waals surface area contributed by atoms with E-state index in [0.717, 1.165) is 17.7 Å². The molecule has 94 valence electrons. The van der Waals surface area contributed by atoms with Crippen LogP contribution in [0.2, 0.25) is 0 Å². The monoisotopic (exact) mass is 249 g/mol. The van der Waals surface area contributed by atoms with Crippen LogP contribution in [0.4, 0.5) is 20.3 Å². The van der Waals surface area contributed by atoms with E-state index in [9.17, 15) is 8.78 Å². The van der Waals surface area contributed by atoms with Gasteiger partial charge in [0.25, 0.3) is 0 Å². The molecule has 5 heteroatoms. The number of halogens is 2. The second-order valence-electron chi connectivity index (χ2n) is 4.03. The standard InChI is InChI=1S/C13H13F2N3/c1-8-4-13(18-7-12(8)16)17-6-9-2-3-10(14)11(15)5-9/h2-5,7H,6,16H2,1H3,(H,17,18). The number of pyridine rings is 1. The van der Waals surface area contributed by atoms with Gasteiger partial charge in [-0.15, -0.1) is 0 Å². The minimum absolute atomic E-state index is 0.369. The molecule has 0 aliphatic heterocycles. The van der Waals surface area contributed by atoms with Crippen LogP contribution in [-0.4, -0.2) is 4.98 Å². The van der Waals surface area contributed by atoms with Crippen molar-refractivity contribution in [1.29, 1.82) is 0 Å².